The van der Waals surface area contributed by atoms with Gasteiger partial charge in [-0.2, -0.15) is 0 Å². The predicted octanol–water partition coefficient (Wildman–Crippen LogP) is 3.57. The molecule has 0 aromatic heterocycles. The normalized spacial score (nSPS) is 16.0. The third kappa shape index (κ3) is 3.99. The van der Waals surface area contributed by atoms with E-state index in [9.17, 15) is 9.59 Å². The molecule has 4 rings (SSSR count). The van der Waals surface area contributed by atoms with E-state index in [1.165, 1.54) is 11.1 Å². The van der Waals surface area contributed by atoms with Crippen molar-refractivity contribution in [3.05, 3.63) is 64.2 Å². The first-order valence-electron chi connectivity index (χ1n) is 9.79. The molecule has 0 atom stereocenters. The summed E-state index contributed by atoms with van der Waals surface area (Å²) in [5.41, 5.74) is 3.72. The average molecular weight is 398 g/mol. The monoisotopic (exact) mass is 397 g/mol. The van der Waals surface area contributed by atoms with Gasteiger partial charge < -0.3 is 15.1 Å². The number of benzene rings is 2. The second kappa shape index (κ2) is 8.23. The summed E-state index contributed by atoms with van der Waals surface area (Å²) in [4.78, 5) is 29.3. The van der Waals surface area contributed by atoms with Crippen LogP contribution in [0.5, 0.6) is 0 Å². The molecule has 1 N–H and O–H groups in total. The quantitative estimate of drug-likeness (QED) is 0.858. The van der Waals surface area contributed by atoms with Crippen LogP contribution >= 0.6 is 11.6 Å². The highest BCUT2D eigenvalue weighted by atomic mass is 35.5. The van der Waals surface area contributed by atoms with Crippen LogP contribution in [0, 0.1) is 0 Å². The molecule has 0 aliphatic carbocycles. The Hall–Kier alpha value is -2.53. The largest absolute Gasteiger partial charge is 0.376 e. The fourth-order valence-corrected chi connectivity index (χ4v) is 4.10. The van der Waals surface area contributed by atoms with Gasteiger partial charge in [0, 0.05) is 36.9 Å². The average Bonchev–Trinajstić information content (AvgIpc) is 3.26. The van der Waals surface area contributed by atoms with Crippen LogP contribution in [0.15, 0.2) is 42.5 Å². The number of carbonyl (C=O) groups is 2. The molecule has 0 saturated carbocycles. The molecule has 2 aromatic rings. The minimum atomic E-state index is -0.0261. The van der Waals surface area contributed by atoms with E-state index in [1.54, 1.807) is 18.2 Å². The van der Waals surface area contributed by atoms with Gasteiger partial charge in [-0.25, -0.2) is 0 Å². The Bertz CT molecular complexity index is 893. The van der Waals surface area contributed by atoms with Gasteiger partial charge in [-0.15, -0.1) is 0 Å². The number of carbonyl (C=O) groups excluding carboxylic acids is 2. The van der Waals surface area contributed by atoms with Gasteiger partial charge in [-0.3, -0.25) is 9.59 Å². The lowest BCUT2D eigenvalue weighted by atomic mass is 10.00. The van der Waals surface area contributed by atoms with Crippen LogP contribution in [-0.2, 0) is 17.8 Å². The molecule has 2 amide bonds. The number of nitrogens with zero attached hydrogens (tertiary/aromatic N) is 2. The number of hydrogen-bond donors (Lipinski definition) is 1. The Labute approximate surface area is 170 Å². The number of likely N-dealkylation sites (tertiary alicyclic amines) is 1. The first-order valence-corrected chi connectivity index (χ1v) is 10.2. The van der Waals surface area contributed by atoms with Crippen molar-refractivity contribution in [2.24, 2.45) is 0 Å². The minimum absolute atomic E-state index is 0.0261. The summed E-state index contributed by atoms with van der Waals surface area (Å²) in [6.07, 6.45) is 2.94. The molecule has 1 saturated heterocycles. The zero-order chi connectivity index (χ0) is 19.5. The Morgan fingerprint density at radius 3 is 2.50 bits per heavy atom. The van der Waals surface area contributed by atoms with Crippen molar-refractivity contribution in [1.29, 1.82) is 0 Å². The summed E-state index contributed by atoms with van der Waals surface area (Å²) in [7, 11) is 0. The van der Waals surface area contributed by atoms with E-state index in [0.29, 0.717) is 22.8 Å². The molecule has 2 heterocycles. The van der Waals surface area contributed by atoms with Crippen molar-refractivity contribution in [2.75, 3.05) is 31.5 Å². The summed E-state index contributed by atoms with van der Waals surface area (Å²) in [5, 5.41) is 3.69. The van der Waals surface area contributed by atoms with E-state index in [4.69, 9.17) is 11.6 Å². The van der Waals surface area contributed by atoms with Crippen molar-refractivity contribution in [1.82, 2.24) is 9.80 Å². The third-order valence-corrected chi connectivity index (χ3v) is 5.75. The molecule has 0 radical (unpaired) electrons. The van der Waals surface area contributed by atoms with E-state index in [-0.39, 0.29) is 18.4 Å². The fourth-order valence-electron chi connectivity index (χ4n) is 3.93. The van der Waals surface area contributed by atoms with Gasteiger partial charge in [0.15, 0.2) is 0 Å². The number of nitrogens with one attached hydrogen (secondary N) is 1. The van der Waals surface area contributed by atoms with Crippen LogP contribution in [0.4, 0.5) is 5.69 Å². The van der Waals surface area contributed by atoms with Crippen LogP contribution in [0.3, 0.4) is 0 Å². The molecule has 146 valence electrons. The molecule has 2 aliphatic rings. The molecule has 2 aliphatic heterocycles. The second-order valence-corrected chi connectivity index (χ2v) is 7.81. The van der Waals surface area contributed by atoms with E-state index >= 15 is 0 Å². The Morgan fingerprint density at radius 2 is 1.71 bits per heavy atom. The summed E-state index contributed by atoms with van der Waals surface area (Å²) in [6, 6.07) is 13.5. The SMILES string of the molecule is O=C(CNc1ccc(Cl)cc1C(=O)N1CCCC1)N1CCc2ccccc2C1. The number of hydrogen-bond acceptors (Lipinski definition) is 3. The van der Waals surface area contributed by atoms with E-state index in [1.807, 2.05) is 21.9 Å². The number of fused-ring (bicyclic) bond motifs is 1. The standard InChI is InChI=1S/C22H24ClN3O2/c23-18-7-8-20(19(13-18)22(28)25-10-3-4-11-25)24-14-21(27)26-12-9-16-5-1-2-6-17(16)15-26/h1-2,5-8,13,24H,3-4,9-12,14-15H2. The molecule has 5 nitrogen and oxygen atoms in total. The lowest BCUT2D eigenvalue weighted by molar-refractivity contribution is -0.130. The van der Waals surface area contributed by atoms with E-state index in [2.05, 4.69) is 17.4 Å². The van der Waals surface area contributed by atoms with Crippen LogP contribution in [0.25, 0.3) is 0 Å². The molecule has 6 heteroatoms. The Kier molecular flexibility index (Phi) is 5.53. The maximum absolute atomic E-state index is 12.8. The highest BCUT2D eigenvalue weighted by Gasteiger charge is 2.24. The predicted molar refractivity (Wildman–Crippen MR) is 111 cm³/mol. The number of anilines is 1. The van der Waals surface area contributed by atoms with Crippen LogP contribution in [-0.4, -0.2) is 47.8 Å². The van der Waals surface area contributed by atoms with Crippen molar-refractivity contribution < 1.29 is 9.59 Å². The lowest BCUT2D eigenvalue weighted by Gasteiger charge is -2.29. The molecule has 0 bridgehead atoms. The summed E-state index contributed by atoms with van der Waals surface area (Å²) in [6.45, 7) is 3.06. The highest BCUT2D eigenvalue weighted by molar-refractivity contribution is 6.31. The van der Waals surface area contributed by atoms with Crippen molar-refractivity contribution in [3.8, 4) is 0 Å². The molecular weight excluding hydrogens is 374 g/mol. The second-order valence-electron chi connectivity index (χ2n) is 7.38. The van der Waals surface area contributed by atoms with Crippen molar-refractivity contribution in [3.63, 3.8) is 0 Å². The third-order valence-electron chi connectivity index (χ3n) is 5.52. The van der Waals surface area contributed by atoms with Gasteiger partial charge in [0.2, 0.25) is 5.91 Å². The van der Waals surface area contributed by atoms with Gasteiger partial charge in [0.1, 0.15) is 0 Å². The van der Waals surface area contributed by atoms with Crippen LogP contribution < -0.4 is 5.32 Å². The summed E-state index contributed by atoms with van der Waals surface area (Å²) in [5.74, 6) is 0.00544. The number of halogens is 1. The van der Waals surface area contributed by atoms with Crippen molar-refractivity contribution in [2.45, 2.75) is 25.8 Å². The van der Waals surface area contributed by atoms with Gasteiger partial charge in [0.05, 0.1) is 12.1 Å². The molecule has 2 aromatic carbocycles. The smallest absolute Gasteiger partial charge is 0.256 e. The molecule has 0 unspecified atom stereocenters. The maximum atomic E-state index is 12.8. The topological polar surface area (TPSA) is 52.7 Å². The molecule has 0 spiro atoms. The lowest BCUT2D eigenvalue weighted by Crippen LogP contribution is -2.39. The Morgan fingerprint density at radius 1 is 0.964 bits per heavy atom. The molecular formula is C22H24ClN3O2. The first kappa shape index (κ1) is 18.8. The number of rotatable bonds is 4. The van der Waals surface area contributed by atoms with Gasteiger partial charge in [0.25, 0.3) is 5.91 Å². The number of amides is 2. The zero-order valence-corrected chi connectivity index (χ0v) is 16.5. The summed E-state index contributed by atoms with van der Waals surface area (Å²) < 4.78 is 0. The highest BCUT2D eigenvalue weighted by Crippen LogP contribution is 2.24. The van der Waals surface area contributed by atoms with Crippen molar-refractivity contribution >= 4 is 29.1 Å². The molecule has 28 heavy (non-hydrogen) atoms. The summed E-state index contributed by atoms with van der Waals surface area (Å²) >= 11 is 6.13. The van der Waals surface area contributed by atoms with Crippen LogP contribution in [0.2, 0.25) is 5.02 Å². The van der Waals surface area contributed by atoms with Gasteiger partial charge in [-0.1, -0.05) is 35.9 Å². The van der Waals surface area contributed by atoms with E-state index in [0.717, 1.165) is 38.9 Å². The zero-order valence-electron chi connectivity index (χ0n) is 15.8. The minimum Gasteiger partial charge on any atom is -0.376 e. The Balaban J connectivity index is 1.43. The van der Waals surface area contributed by atoms with Gasteiger partial charge in [-0.05, 0) is 48.6 Å². The fraction of sp³-hybridized carbons (Fsp3) is 0.364. The first-order chi connectivity index (χ1) is 13.6. The maximum Gasteiger partial charge on any atom is 0.256 e. The molecule has 1 fully saturated rings. The van der Waals surface area contributed by atoms with Crippen LogP contribution in [0.1, 0.15) is 34.3 Å². The van der Waals surface area contributed by atoms with E-state index < -0.39 is 0 Å². The van der Waals surface area contributed by atoms with Gasteiger partial charge >= 0.3 is 0 Å².